The molecule has 0 heterocycles. The monoisotopic (exact) mass is 357 g/mol. The molecule has 0 aromatic heterocycles. The summed E-state index contributed by atoms with van der Waals surface area (Å²) in [6, 6.07) is 9.02. The molecule has 2 rings (SSSR count). The van der Waals surface area contributed by atoms with Gasteiger partial charge in [0.05, 0.1) is 10.5 Å². The lowest BCUT2D eigenvalue weighted by Crippen LogP contribution is -2.30. The number of rotatable bonds is 5. The Labute approximate surface area is 150 Å². The number of carbonyl (C=O) groups is 2. The van der Waals surface area contributed by atoms with Crippen molar-refractivity contribution in [1.29, 1.82) is 0 Å². The minimum Gasteiger partial charge on any atom is -0.449 e. The topological polar surface area (TPSA) is 125 Å². The number of anilines is 2. The molecule has 3 N–H and O–H groups in total. The van der Waals surface area contributed by atoms with Crippen molar-refractivity contribution in [2.24, 2.45) is 0 Å². The van der Waals surface area contributed by atoms with Crippen molar-refractivity contribution < 1.29 is 19.2 Å². The highest BCUT2D eigenvalue weighted by Crippen LogP contribution is 2.22. The number of nitrogen functional groups attached to an aromatic ring is 1. The molecule has 0 bridgehead atoms. The fraction of sp³-hybridized carbons (Fsp3) is 0.222. The maximum Gasteiger partial charge on any atom is 0.341 e. The van der Waals surface area contributed by atoms with Crippen LogP contribution >= 0.6 is 0 Å². The molecule has 136 valence electrons. The van der Waals surface area contributed by atoms with E-state index in [1.807, 2.05) is 32.0 Å². The summed E-state index contributed by atoms with van der Waals surface area (Å²) in [7, 11) is 0. The number of ether oxygens (including phenoxy) is 1. The van der Waals surface area contributed by atoms with Crippen LogP contribution in [0.4, 0.5) is 17.1 Å². The van der Waals surface area contributed by atoms with Crippen LogP contribution in [0.5, 0.6) is 0 Å². The molecule has 0 saturated heterocycles. The van der Waals surface area contributed by atoms with Crippen LogP contribution in [0, 0.1) is 24.0 Å². The van der Waals surface area contributed by atoms with Crippen LogP contribution < -0.4 is 11.1 Å². The van der Waals surface area contributed by atoms with Crippen molar-refractivity contribution in [3.63, 3.8) is 0 Å². The number of aryl methyl sites for hydroxylation is 2. The Balaban J connectivity index is 2.13. The van der Waals surface area contributed by atoms with Gasteiger partial charge >= 0.3 is 5.97 Å². The number of nitrogens with two attached hydrogens (primary N) is 1. The largest absolute Gasteiger partial charge is 0.449 e. The predicted octanol–water partition coefficient (Wildman–Crippen LogP) is 2.98. The highest BCUT2D eigenvalue weighted by atomic mass is 16.6. The molecule has 8 heteroatoms. The van der Waals surface area contributed by atoms with Crippen molar-refractivity contribution in [3.05, 3.63) is 63.2 Å². The number of carbonyl (C=O) groups excluding carboxylic acids is 2. The number of nitro groups is 1. The second-order valence-corrected chi connectivity index (χ2v) is 5.83. The van der Waals surface area contributed by atoms with Gasteiger partial charge in [-0.1, -0.05) is 18.2 Å². The van der Waals surface area contributed by atoms with Gasteiger partial charge in [0.1, 0.15) is 0 Å². The third kappa shape index (κ3) is 4.15. The Morgan fingerprint density at radius 1 is 1.19 bits per heavy atom. The third-order valence-electron chi connectivity index (χ3n) is 3.85. The number of amides is 1. The zero-order valence-electron chi connectivity index (χ0n) is 14.6. The summed E-state index contributed by atoms with van der Waals surface area (Å²) < 4.78 is 5.11. The molecule has 0 unspecified atom stereocenters. The van der Waals surface area contributed by atoms with Gasteiger partial charge in [0.2, 0.25) is 0 Å². The maximum absolute atomic E-state index is 12.3. The van der Waals surface area contributed by atoms with E-state index in [4.69, 9.17) is 10.5 Å². The van der Waals surface area contributed by atoms with Crippen LogP contribution in [0.15, 0.2) is 36.4 Å². The minimum absolute atomic E-state index is 0.0305. The van der Waals surface area contributed by atoms with Crippen LogP contribution in [0.1, 0.15) is 28.4 Å². The highest BCUT2D eigenvalue weighted by molar-refractivity contribution is 6.00. The first-order valence-electron chi connectivity index (χ1n) is 7.82. The third-order valence-corrected chi connectivity index (χ3v) is 3.85. The van der Waals surface area contributed by atoms with Crippen molar-refractivity contribution in [3.8, 4) is 0 Å². The Morgan fingerprint density at radius 3 is 2.38 bits per heavy atom. The Kier molecular flexibility index (Phi) is 5.56. The Morgan fingerprint density at radius 2 is 1.81 bits per heavy atom. The van der Waals surface area contributed by atoms with E-state index in [9.17, 15) is 19.7 Å². The first-order valence-corrected chi connectivity index (χ1v) is 7.82. The first-order chi connectivity index (χ1) is 12.2. The average molecular weight is 357 g/mol. The summed E-state index contributed by atoms with van der Waals surface area (Å²) >= 11 is 0. The minimum atomic E-state index is -1.11. The van der Waals surface area contributed by atoms with Crippen molar-refractivity contribution in [2.45, 2.75) is 26.9 Å². The van der Waals surface area contributed by atoms with E-state index in [-0.39, 0.29) is 16.9 Å². The van der Waals surface area contributed by atoms with E-state index in [0.29, 0.717) is 5.69 Å². The van der Waals surface area contributed by atoms with E-state index in [0.717, 1.165) is 17.2 Å². The van der Waals surface area contributed by atoms with Crippen LogP contribution in [-0.2, 0) is 9.53 Å². The number of non-ortho nitro benzene ring substituents is 1. The Hall–Kier alpha value is -3.42. The lowest BCUT2D eigenvalue weighted by molar-refractivity contribution is -0.384. The molecular weight excluding hydrogens is 338 g/mol. The van der Waals surface area contributed by atoms with Gasteiger partial charge in [0.15, 0.2) is 6.10 Å². The number of nitro benzene ring substituents is 1. The summed E-state index contributed by atoms with van der Waals surface area (Å²) in [4.78, 5) is 34.7. The van der Waals surface area contributed by atoms with E-state index < -0.39 is 22.9 Å². The van der Waals surface area contributed by atoms with E-state index in [2.05, 4.69) is 5.32 Å². The number of benzene rings is 2. The summed E-state index contributed by atoms with van der Waals surface area (Å²) in [6.45, 7) is 5.11. The molecule has 1 amide bonds. The van der Waals surface area contributed by atoms with Crippen molar-refractivity contribution in [1.82, 2.24) is 0 Å². The zero-order chi connectivity index (χ0) is 19.4. The predicted molar refractivity (Wildman–Crippen MR) is 96.9 cm³/mol. The van der Waals surface area contributed by atoms with Crippen molar-refractivity contribution in [2.75, 3.05) is 11.1 Å². The second kappa shape index (κ2) is 7.64. The fourth-order valence-corrected chi connectivity index (χ4v) is 2.35. The van der Waals surface area contributed by atoms with Gasteiger partial charge in [0.25, 0.3) is 11.6 Å². The molecule has 1 atom stereocenters. The smallest absolute Gasteiger partial charge is 0.341 e. The number of hydrogen-bond acceptors (Lipinski definition) is 6. The summed E-state index contributed by atoms with van der Waals surface area (Å²) in [6.07, 6.45) is -1.11. The lowest BCUT2D eigenvalue weighted by Gasteiger charge is -2.16. The van der Waals surface area contributed by atoms with Gasteiger partial charge in [-0.05, 0) is 38.0 Å². The summed E-state index contributed by atoms with van der Waals surface area (Å²) in [5.74, 6) is -1.42. The molecular formula is C18H19N3O5. The van der Waals surface area contributed by atoms with Crippen molar-refractivity contribution >= 4 is 28.9 Å². The molecule has 2 aromatic carbocycles. The normalized spacial score (nSPS) is 11.5. The Bertz CT molecular complexity index is 859. The van der Waals surface area contributed by atoms with Crippen LogP contribution in [0.2, 0.25) is 0 Å². The number of nitrogens with one attached hydrogen (secondary N) is 1. The molecule has 2 aromatic rings. The number of para-hydroxylation sites is 1. The highest BCUT2D eigenvalue weighted by Gasteiger charge is 2.23. The average Bonchev–Trinajstić information content (AvgIpc) is 2.58. The van der Waals surface area contributed by atoms with Gasteiger partial charge in [0, 0.05) is 23.5 Å². The van der Waals surface area contributed by atoms with Gasteiger partial charge in [-0.2, -0.15) is 0 Å². The van der Waals surface area contributed by atoms with E-state index in [1.54, 1.807) is 0 Å². The SMILES string of the molecule is Cc1cccc(C)c1NC(=O)[C@H](C)OC(=O)c1cc([N+](=O)[O-])ccc1N. The molecule has 0 saturated carbocycles. The molecule has 0 spiro atoms. The van der Waals surface area contributed by atoms with Crippen LogP contribution in [0.3, 0.4) is 0 Å². The summed E-state index contributed by atoms with van der Waals surface area (Å²) in [5.41, 5.74) is 7.66. The summed E-state index contributed by atoms with van der Waals surface area (Å²) in [5, 5.41) is 13.6. The first kappa shape index (κ1) is 18.9. The van der Waals surface area contributed by atoms with Gasteiger partial charge in [-0.25, -0.2) is 4.79 Å². The van der Waals surface area contributed by atoms with E-state index >= 15 is 0 Å². The van der Waals surface area contributed by atoms with Gasteiger partial charge in [-0.3, -0.25) is 14.9 Å². The molecule has 26 heavy (non-hydrogen) atoms. The molecule has 0 fully saturated rings. The molecule has 0 aliphatic heterocycles. The fourth-order valence-electron chi connectivity index (χ4n) is 2.35. The van der Waals surface area contributed by atoms with Gasteiger partial charge < -0.3 is 15.8 Å². The molecule has 8 nitrogen and oxygen atoms in total. The number of nitrogens with zero attached hydrogens (tertiary/aromatic N) is 1. The van der Waals surface area contributed by atoms with E-state index in [1.165, 1.54) is 19.1 Å². The molecule has 0 aliphatic rings. The van der Waals surface area contributed by atoms with Crippen LogP contribution in [-0.4, -0.2) is 22.9 Å². The number of esters is 1. The standard InChI is InChI=1S/C18H19N3O5/c1-10-5-4-6-11(2)16(10)20-17(22)12(3)26-18(23)14-9-13(21(24)25)7-8-15(14)19/h4-9,12H,19H2,1-3H3,(H,20,22)/t12-/m0/s1. The zero-order valence-corrected chi connectivity index (χ0v) is 14.6. The molecule has 0 radical (unpaired) electrons. The van der Waals surface area contributed by atoms with Gasteiger partial charge in [-0.15, -0.1) is 0 Å². The second-order valence-electron chi connectivity index (χ2n) is 5.83. The lowest BCUT2D eigenvalue weighted by atomic mass is 10.1. The quantitative estimate of drug-likeness (QED) is 0.367. The van der Waals surface area contributed by atoms with Crippen LogP contribution in [0.25, 0.3) is 0 Å². The maximum atomic E-state index is 12.3. The number of hydrogen-bond donors (Lipinski definition) is 2. The molecule has 0 aliphatic carbocycles.